The maximum atomic E-state index is 13.3. The Labute approximate surface area is 124 Å². The standard InChI is InChI=1S/C15H12ClF4N/c1-21-14(9-2-5-11(16)6-3-9)10-4-7-13(17)12(8-10)15(18,19)20/h2-8,14,21H,1H3. The third-order valence-electron chi connectivity index (χ3n) is 3.12. The maximum absolute atomic E-state index is 13.3. The minimum absolute atomic E-state index is 0.327. The molecule has 0 heterocycles. The summed E-state index contributed by atoms with van der Waals surface area (Å²) in [5, 5.41) is 3.45. The van der Waals surface area contributed by atoms with Crippen molar-refractivity contribution in [3.8, 4) is 0 Å². The van der Waals surface area contributed by atoms with E-state index in [1.165, 1.54) is 6.07 Å². The molecule has 21 heavy (non-hydrogen) atoms. The van der Waals surface area contributed by atoms with Gasteiger partial charge < -0.3 is 5.32 Å². The summed E-state index contributed by atoms with van der Waals surface area (Å²) >= 11 is 5.79. The highest BCUT2D eigenvalue weighted by molar-refractivity contribution is 6.30. The largest absolute Gasteiger partial charge is 0.419 e. The van der Waals surface area contributed by atoms with Gasteiger partial charge in [0.1, 0.15) is 5.82 Å². The van der Waals surface area contributed by atoms with Crippen molar-refractivity contribution in [2.24, 2.45) is 0 Å². The van der Waals surface area contributed by atoms with Gasteiger partial charge >= 0.3 is 6.18 Å². The molecule has 0 aliphatic rings. The van der Waals surface area contributed by atoms with Gasteiger partial charge in [-0.05, 0) is 42.4 Å². The van der Waals surface area contributed by atoms with Gasteiger partial charge in [-0.15, -0.1) is 0 Å². The lowest BCUT2D eigenvalue weighted by Gasteiger charge is -2.19. The van der Waals surface area contributed by atoms with Crippen LogP contribution in [0.5, 0.6) is 0 Å². The van der Waals surface area contributed by atoms with Crippen molar-refractivity contribution in [3.05, 3.63) is 70.0 Å². The first-order valence-electron chi connectivity index (χ1n) is 6.12. The second-order valence-electron chi connectivity index (χ2n) is 4.51. The lowest BCUT2D eigenvalue weighted by Crippen LogP contribution is -2.19. The number of hydrogen-bond donors (Lipinski definition) is 1. The molecule has 0 saturated heterocycles. The van der Waals surface area contributed by atoms with Crippen LogP contribution in [0.4, 0.5) is 17.6 Å². The van der Waals surface area contributed by atoms with Crippen LogP contribution >= 0.6 is 11.6 Å². The van der Waals surface area contributed by atoms with E-state index in [-0.39, 0.29) is 0 Å². The van der Waals surface area contributed by atoms with E-state index in [0.29, 0.717) is 10.6 Å². The number of hydrogen-bond acceptors (Lipinski definition) is 1. The summed E-state index contributed by atoms with van der Waals surface area (Å²) in [7, 11) is 1.62. The Morgan fingerprint density at radius 2 is 1.57 bits per heavy atom. The van der Waals surface area contributed by atoms with Gasteiger partial charge in [0, 0.05) is 5.02 Å². The van der Waals surface area contributed by atoms with Crippen molar-refractivity contribution in [3.63, 3.8) is 0 Å². The highest BCUT2D eigenvalue weighted by Gasteiger charge is 2.34. The van der Waals surface area contributed by atoms with Gasteiger partial charge in [-0.3, -0.25) is 0 Å². The van der Waals surface area contributed by atoms with Gasteiger partial charge in [0.15, 0.2) is 0 Å². The van der Waals surface area contributed by atoms with E-state index in [9.17, 15) is 17.6 Å². The zero-order valence-corrected chi connectivity index (χ0v) is 11.8. The molecule has 0 fully saturated rings. The summed E-state index contributed by atoms with van der Waals surface area (Å²) in [6.45, 7) is 0. The second kappa shape index (κ2) is 6.03. The Bertz CT molecular complexity index is 623. The van der Waals surface area contributed by atoms with E-state index in [2.05, 4.69) is 5.32 Å². The maximum Gasteiger partial charge on any atom is 0.419 e. The number of rotatable bonds is 3. The number of halogens is 5. The van der Waals surface area contributed by atoms with Crippen LogP contribution in [0.25, 0.3) is 0 Å². The first-order chi connectivity index (χ1) is 9.82. The molecule has 1 nitrogen and oxygen atoms in total. The van der Waals surface area contributed by atoms with Gasteiger partial charge in [0.25, 0.3) is 0 Å². The van der Waals surface area contributed by atoms with Gasteiger partial charge in [-0.1, -0.05) is 29.8 Å². The Hall–Kier alpha value is -1.59. The predicted octanol–water partition coefficient (Wildman–Crippen LogP) is 4.81. The molecule has 2 rings (SSSR count). The minimum Gasteiger partial charge on any atom is -0.309 e. The molecule has 0 radical (unpaired) electrons. The first kappa shape index (κ1) is 15.8. The lowest BCUT2D eigenvalue weighted by molar-refractivity contribution is -0.140. The lowest BCUT2D eigenvalue weighted by atomic mass is 9.97. The van der Waals surface area contributed by atoms with Crippen molar-refractivity contribution in [1.29, 1.82) is 0 Å². The van der Waals surface area contributed by atoms with E-state index >= 15 is 0 Å². The Morgan fingerprint density at radius 3 is 2.10 bits per heavy atom. The quantitative estimate of drug-likeness (QED) is 0.801. The Balaban J connectivity index is 2.46. The number of benzene rings is 2. The zero-order valence-electron chi connectivity index (χ0n) is 11.0. The van der Waals surface area contributed by atoms with Crippen LogP contribution in [-0.4, -0.2) is 7.05 Å². The molecule has 2 aromatic carbocycles. The molecule has 1 N–H and O–H groups in total. The zero-order chi connectivity index (χ0) is 15.6. The van der Waals surface area contributed by atoms with Crippen molar-refractivity contribution in [1.82, 2.24) is 5.32 Å². The van der Waals surface area contributed by atoms with Crippen LogP contribution < -0.4 is 5.32 Å². The highest BCUT2D eigenvalue weighted by Crippen LogP contribution is 2.34. The molecule has 0 saturated carbocycles. The monoisotopic (exact) mass is 317 g/mol. The fourth-order valence-electron chi connectivity index (χ4n) is 2.12. The van der Waals surface area contributed by atoms with Crippen LogP contribution in [0.1, 0.15) is 22.7 Å². The fourth-order valence-corrected chi connectivity index (χ4v) is 2.25. The van der Waals surface area contributed by atoms with Gasteiger partial charge in [-0.25, -0.2) is 4.39 Å². The molecule has 0 amide bonds. The van der Waals surface area contributed by atoms with Gasteiger partial charge in [0.2, 0.25) is 0 Å². The molecule has 0 aliphatic carbocycles. The molecule has 0 spiro atoms. The molecule has 0 bridgehead atoms. The predicted molar refractivity (Wildman–Crippen MR) is 73.8 cm³/mol. The van der Waals surface area contributed by atoms with Crippen LogP contribution in [0, 0.1) is 5.82 Å². The second-order valence-corrected chi connectivity index (χ2v) is 4.95. The van der Waals surface area contributed by atoms with E-state index in [1.54, 1.807) is 31.3 Å². The highest BCUT2D eigenvalue weighted by atomic mass is 35.5. The van der Waals surface area contributed by atoms with Gasteiger partial charge in [0.05, 0.1) is 11.6 Å². The molecule has 0 aromatic heterocycles. The summed E-state index contributed by atoms with van der Waals surface area (Å²) < 4.78 is 51.7. The molecule has 112 valence electrons. The summed E-state index contributed by atoms with van der Waals surface area (Å²) in [5.74, 6) is -1.28. The van der Waals surface area contributed by atoms with E-state index < -0.39 is 23.6 Å². The van der Waals surface area contributed by atoms with E-state index in [1.807, 2.05) is 0 Å². The van der Waals surface area contributed by atoms with Crippen LogP contribution in [0.15, 0.2) is 42.5 Å². The number of nitrogens with one attached hydrogen (secondary N) is 1. The smallest absolute Gasteiger partial charge is 0.309 e. The van der Waals surface area contributed by atoms with Crippen molar-refractivity contribution in [2.75, 3.05) is 7.05 Å². The molecule has 2 aromatic rings. The SMILES string of the molecule is CNC(c1ccc(Cl)cc1)c1ccc(F)c(C(F)(F)F)c1. The van der Waals surface area contributed by atoms with Crippen molar-refractivity contribution in [2.45, 2.75) is 12.2 Å². The molecule has 0 aliphatic heterocycles. The van der Waals surface area contributed by atoms with E-state index in [4.69, 9.17) is 11.6 Å². The average molecular weight is 318 g/mol. The summed E-state index contributed by atoms with van der Waals surface area (Å²) in [4.78, 5) is 0. The third kappa shape index (κ3) is 3.54. The molecule has 1 unspecified atom stereocenters. The minimum atomic E-state index is -4.72. The Morgan fingerprint density at radius 1 is 1.00 bits per heavy atom. The van der Waals surface area contributed by atoms with Crippen molar-refractivity contribution >= 4 is 11.6 Å². The van der Waals surface area contributed by atoms with E-state index in [0.717, 1.165) is 17.7 Å². The summed E-state index contributed by atoms with van der Waals surface area (Å²) in [6.07, 6.45) is -4.72. The normalized spacial score (nSPS) is 13.2. The summed E-state index contributed by atoms with van der Waals surface area (Å²) in [5.41, 5.74) is -0.204. The topological polar surface area (TPSA) is 12.0 Å². The molecule has 6 heteroatoms. The fraction of sp³-hybridized carbons (Fsp3) is 0.200. The van der Waals surface area contributed by atoms with Crippen molar-refractivity contribution < 1.29 is 17.6 Å². The van der Waals surface area contributed by atoms with Crippen LogP contribution in [-0.2, 0) is 6.18 Å². The van der Waals surface area contributed by atoms with Crippen LogP contribution in [0.2, 0.25) is 5.02 Å². The molecular formula is C15H12ClF4N. The molecule has 1 atom stereocenters. The summed E-state index contributed by atoms with van der Waals surface area (Å²) in [6, 6.07) is 9.22. The molecular weight excluding hydrogens is 306 g/mol. The Kier molecular flexibility index (Phi) is 4.54. The third-order valence-corrected chi connectivity index (χ3v) is 3.37. The first-order valence-corrected chi connectivity index (χ1v) is 6.50. The number of alkyl halides is 3. The van der Waals surface area contributed by atoms with Crippen LogP contribution in [0.3, 0.4) is 0 Å². The average Bonchev–Trinajstić information content (AvgIpc) is 2.42. The van der Waals surface area contributed by atoms with Gasteiger partial charge in [-0.2, -0.15) is 13.2 Å².